The Balaban J connectivity index is 2.08. The minimum absolute atomic E-state index is 0.188. The summed E-state index contributed by atoms with van der Waals surface area (Å²) in [6, 6.07) is 4.87. The number of rotatable bonds is 4. The van der Waals surface area contributed by atoms with Gasteiger partial charge in [-0.1, -0.05) is 0 Å². The molecule has 1 aliphatic carbocycles. The Bertz CT molecular complexity index is 519. The number of benzene rings is 1. The lowest BCUT2D eigenvalue weighted by Gasteiger charge is -2.24. The van der Waals surface area contributed by atoms with Crippen molar-refractivity contribution in [3.63, 3.8) is 0 Å². The van der Waals surface area contributed by atoms with Gasteiger partial charge in [0.1, 0.15) is 5.82 Å². The van der Waals surface area contributed by atoms with Crippen LogP contribution < -0.4 is 10.2 Å². The van der Waals surface area contributed by atoms with Crippen molar-refractivity contribution in [1.29, 1.82) is 0 Å². The van der Waals surface area contributed by atoms with E-state index in [4.69, 9.17) is 0 Å². The summed E-state index contributed by atoms with van der Waals surface area (Å²) in [5, 5.41) is 12.4. The maximum absolute atomic E-state index is 14.1. The first-order valence-electron chi connectivity index (χ1n) is 7.41. The van der Waals surface area contributed by atoms with E-state index >= 15 is 0 Å². The predicted octanol–water partition coefficient (Wildman–Crippen LogP) is 2.77. The molecule has 4 nitrogen and oxygen atoms in total. The largest absolute Gasteiger partial charge is 0.392 e. The molecular weight excluding hydrogens is 271 g/mol. The Hall–Kier alpha value is -1.62. The number of halogens is 1. The molecular formula is C16H23FN2O2. The molecule has 116 valence electrons. The standard InChI is InChI=1S/C16H23FN2O2/c1-10(2)19(3)14-8-7-11(9-13(14)17)18-16(21)12-5-4-6-15(12)20/h7-10,12,15,20H,4-6H2,1-3H3,(H,18,21). The van der Waals surface area contributed by atoms with Gasteiger partial charge in [0.25, 0.3) is 0 Å². The summed E-state index contributed by atoms with van der Waals surface area (Å²) < 4.78 is 14.1. The number of carbonyl (C=O) groups excluding carboxylic acids is 1. The van der Waals surface area contributed by atoms with Crippen LogP contribution in [0.1, 0.15) is 33.1 Å². The van der Waals surface area contributed by atoms with Gasteiger partial charge in [-0.3, -0.25) is 4.79 Å². The number of aliphatic hydroxyl groups excluding tert-OH is 1. The number of nitrogens with one attached hydrogen (secondary N) is 1. The normalized spacial score (nSPS) is 21.6. The number of carbonyl (C=O) groups is 1. The number of hydrogen-bond donors (Lipinski definition) is 2. The molecule has 1 aliphatic rings. The van der Waals surface area contributed by atoms with Gasteiger partial charge in [0, 0.05) is 18.8 Å². The van der Waals surface area contributed by atoms with Crippen LogP contribution in [-0.2, 0) is 4.79 Å². The Labute approximate surface area is 125 Å². The number of anilines is 2. The molecule has 0 aromatic heterocycles. The molecule has 1 aromatic carbocycles. The molecule has 2 unspecified atom stereocenters. The molecule has 1 amide bonds. The highest BCUT2D eigenvalue weighted by atomic mass is 19.1. The summed E-state index contributed by atoms with van der Waals surface area (Å²) >= 11 is 0. The monoisotopic (exact) mass is 294 g/mol. The predicted molar refractivity (Wildman–Crippen MR) is 81.9 cm³/mol. The third-order valence-electron chi connectivity index (χ3n) is 4.19. The molecule has 0 saturated heterocycles. The van der Waals surface area contributed by atoms with Crippen LogP contribution in [0.2, 0.25) is 0 Å². The van der Waals surface area contributed by atoms with Crippen LogP contribution in [0, 0.1) is 11.7 Å². The van der Waals surface area contributed by atoms with Gasteiger partial charge in [-0.2, -0.15) is 0 Å². The smallest absolute Gasteiger partial charge is 0.230 e. The minimum atomic E-state index is -0.582. The first-order chi connectivity index (χ1) is 9.90. The van der Waals surface area contributed by atoms with Crippen molar-refractivity contribution >= 4 is 17.3 Å². The van der Waals surface area contributed by atoms with Crippen LogP contribution >= 0.6 is 0 Å². The Morgan fingerprint density at radius 3 is 2.67 bits per heavy atom. The average molecular weight is 294 g/mol. The Morgan fingerprint density at radius 2 is 2.14 bits per heavy atom. The van der Waals surface area contributed by atoms with Crippen molar-refractivity contribution in [3.05, 3.63) is 24.0 Å². The molecule has 0 radical (unpaired) electrons. The molecule has 2 N–H and O–H groups in total. The van der Waals surface area contributed by atoms with Crippen molar-refractivity contribution < 1.29 is 14.3 Å². The molecule has 21 heavy (non-hydrogen) atoms. The lowest BCUT2D eigenvalue weighted by molar-refractivity contribution is -0.122. The molecule has 0 heterocycles. The highest BCUT2D eigenvalue weighted by molar-refractivity contribution is 5.93. The van der Waals surface area contributed by atoms with Crippen molar-refractivity contribution in [2.24, 2.45) is 5.92 Å². The second-order valence-corrected chi connectivity index (χ2v) is 5.96. The average Bonchev–Trinajstić information content (AvgIpc) is 2.84. The highest BCUT2D eigenvalue weighted by Gasteiger charge is 2.31. The van der Waals surface area contributed by atoms with E-state index in [0.717, 1.165) is 6.42 Å². The lowest BCUT2D eigenvalue weighted by atomic mass is 10.1. The van der Waals surface area contributed by atoms with E-state index in [9.17, 15) is 14.3 Å². The van der Waals surface area contributed by atoms with Gasteiger partial charge in [0.2, 0.25) is 5.91 Å². The zero-order valence-electron chi connectivity index (χ0n) is 12.8. The van der Waals surface area contributed by atoms with Crippen LogP contribution in [0.4, 0.5) is 15.8 Å². The summed E-state index contributed by atoms with van der Waals surface area (Å²) in [5.74, 6) is -0.980. The van der Waals surface area contributed by atoms with Crippen LogP contribution in [-0.4, -0.2) is 30.2 Å². The second-order valence-electron chi connectivity index (χ2n) is 5.96. The van der Waals surface area contributed by atoms with Gasteiger partial charge in [-0.05, 0) is 51.3 Å². The molecule has 1 aromatic rings. The molecule has 1 saturated carbocycles. The Morgan fingerprint density at radius 1 is 1.43 bits per heavy atom. The van der Waals surface area contributed by atoms with Crippen molar-refractivity contribution in [1.82, 2.24) is 0 Å². The number of hydrogen-bond acceptors (Lipinski definition) is 3. The maximum Gasteiger partial charge on any atom is 0.230 e. The maximum atomic E-state index is 14.1. The summed E-state index contributed by atoms with van der Waals surface area (Å²) in [6.45, 7) is 3.97. The summed E-state index contributed by atoms with van der Waals surface area (Å²) in [7, 11) is 1.83. The van der Waals surface area contributed by atoms with Gasteiger partial charge in [-0.15, -0.1) is 0 Å². The van der Waals surface area contributed by atoms with Crippen molar-refractivity contribution in [2.45, 2.75) is 45.3 Å². The molecule has 0 spiro atoms. The van der Waals surface area contributed by atoms with E-state index in [1.54, 1.807) is 12.1 Å². The summed E-state index contributed by atoms with van der Waals surface area (Å²) in [5.41, 5.74) is 0.932. The number of nitrogens with zero attached hydrogens (tertiary/aromatic N) is 1. The third kappa shape index (κ3) is 3.53. The van der Waals surface area contributed by atoms with E-state index in [1.165, 1.54) is 6.07 Å². The SMILES string of the molecule is CC(C)N(C)c1ccc(NC(=O)C2CCCC2O)cc1F. The minimum Gasteiger partial charge on any atom is -0.392 e. The number of aliphatic hydroxyl groups is 1. The van der Waals surface area contributed by atoms with Gasteiger partial charge >= 0.3 is 0 Å². The summed E-state index contributed by atoms with van der Waals surface area (Å²) in [4.78, 5) is 13.9. The molecule has 0 bridgehead atoms. The molecule has 2 rings (SSSR count). The topological polar surface area (TPSA) is 52.6 Å². The van der Waals surface area contributed by atoms with Crippen LogP contribution in [0.25, 0.3) is 0 Å². The fourth-order valence-corrected chi connectivity index (χ4v) is 2.63. The second kappa shape index (κ2) is 6.43. The van der Waals surface area contributed by atoms with Gasteiger partial charge in [0.05, 0.1) is 17.7 Å². The lowest BCUT2D eigenvalue weighted by Crippen LogP contribution is -2.29. The Kier molecular flexibility index (Phi) is 4.83. The fraction of sp³-hybridized carbons (Fsp3) is 0.562. The first-order valence-corrected chi connectivity index (χ1v) is 7.41. The third-order valence-corrected chi connectivity index (χ3v) is 4.19. The molecule has 5 heteroatoms. The van der Waals surface area contributed by atoms with Crippen LogP contribution in [0.5, 0.6) is 0 Å². The van der Waals surface area contributed by atoms with Crippen LogP contribution in [0.15, 0.2) is 18.2 Å². The van der Waals surface area contributed by atoms with E-state index < -0.39 is 6.10 Å². The van der Waals surface area contributed by atoms with Gasteiger partial charge in [0.15, 0.2) is 0 Å². The molecule has 1 fully saturated rings. The zero-order chi connectivity index (χ0) is 15.6. The van der Waals surface area contributed by atoms with Crippen LogP contribution in [0.3, 0.4) is 0 Å². The molecule has 0 aliphatic heterocycles. The van der Waals surface area contributed by atoms with E-state index in [0.29, 0.717) is 24.2 Å². The quantitative estimate of drug-likeness (QED) is 0.898. The molecule has 2 atom stereocenters. The van der Waals surface area contributed by atoms with E-state index in [-0.39, 0.29) is 23.7 Å². The number of amides is 1. The highest BCUT2D eigenvalue weighted by Crippen LogP contribution is 2.28. The fourth-order valence-electron chi connectivity index (χ4n) is 2.63. The van der Waals surface area contributed by atoms with Crippen molar-refractivity contribution in [3.8, 4) is 0 Å². The van der Waals surface area contributed by atoms with E-state index in [1.807, 2.05) is 25.8 Å². The van der Waals surface area contributed by atoms with Gasteiger partial charge in [-0.25, -0.2) is 4.39 Å². The van der Waals surface area contributed by atoms with Gasteiger partial charge < -0.3 is 15.3 Å². The zero-order valence-corrected chi connectivity index (χ0v) is 12.8. The first kappa shape index (κ1) is 15.8. The van der Waals surface area contributed by atoms with E-state index in [2.05, 4.69) is 5.32 Å². The summed E-state index contributed by atoms with van der Waals surface area (Å²) in [6.07, 6.45) is 1.61. The van der Waals surface area contributed by atoms with Crippen molar-refractivity contribution in [2.75, 3.05) is 17.3 Å².